The number of carboxylic acids is 1. The second-order valence-electron chi connectivity index (χ2n) is 5.03. The van der Waals surface area contributed by atoms with E-state index in [-0.39, 0.29) is 6.61 Å². The molecular weight excluding hydrogens is 258 g/mol. The Morgan fingerprint density at radius 1 is 1.30 bits per heavy atom. The Labute approximate surface area is 117 Å². The zero-order chi connectivity index (χ0) is 15.0. The van der Waals surface area contributed by atoms with Crippen LogP contribution in [0.1, 0.15) is 35.4 Å². The van der Waals surface area contributed by atoms with Crippen molar-refractivity contribution in [3.05, 3.63) is 22.5 Å². The third-order valence-corrected chi connectivity index (χ3v) is 3.66. The molecule has 0 aliphatic rings. The highest BCUT2D eigenvalue weighted by atomic mass is 16.4. The number of aliphatic hydroxyl groups excluding tert-OH is 1. The van der Waals surface area contributed by atoms with Gasteiger partial charge in [-0.25, -0.2) is 9.67 Å². The van der Waals surface area contributed by atoms with Gasteiger partial charge in [0, 0.05) is 11.1 Å². The number of aromatic nitrogens is 3. The molecule has 108 valence electrons. The Kier molecular flexibility index (Phi) is 3.76. The van der Waals surface area contributed by atoms with Crippen molar-refractivity contribution in [2.75, 3.05) is 6.61 Å². The number of fused-ring (bicyclic) bond motifs is 1. The van der Waals surface area contributed by atoms with Gasteiger partial charge in [0.25, 0.3) is 0 Å². The van der Waals surface area contributed by atoms with Gasteiger partial charge >= 0.3 is 5.97 Å². The molecule has 0 bridgehead atoms. The summed E-state index contributed by atoms with van der Waals surface area (Å²) in [5.74, 6) is -1.47. The first-order valence-corrected chi connectivity index (χ1v) is 6.56. The van der Waals surface area contributed by atoms with Gasteiger partial charge in [-0.2, -0.15) is 5.10 Å². The predicted molar refractivity (Wildman–Crippen MR) is 74.9 cm³/mol. The molecule has 1 atom stereocenters. The van der Waals surface area contributed by atoms with Crippen molar-refractivity contribution in [1.29, 1.82) is 0 Å². The van der Waals surface area contributed by atoms with Crippen LogP contribution in [0.15, 0.2) is 0 Å². The van der Waals surface area contributed by atoms with E-state index in [4.69, 9.17) is 5.11 Å². The quantitative estimate of drug-likeness (QED) is 0.885. The SMILES string of the molecule is Cc1nc2c(c(C)nn2CCO)c(C)c1C(C)C(=O)O. The Morgan fingerprint density at radius 3 is 2.50 bits per heavy atom. The third kappa shape index (κ3) is 2.16. The third-order valence-electron chi connectivity index (χ3n) is 3.66. The van der Waals surface area contributed by atoms with Crippen LogP contribution >= 0.6 is 0 Å². The Balaban J connectivity index is 2.76. The Hall–Kier alpha value is -1.95. The Morgan fingerprint density at radius 2 is 1.95 bits per heavy atom. The number of carbonyl (C=O) groups is 1. The maximum Gasteiger partial charge on any atom is 0.310 e. The van der Waals surface area contributed by atoms with Gasteiger partial charge in [0.05, 0.1) is 24.8 Å². The topological polar surface area (TPSA) is 88.2 Å². The molecule has 2 heterocycles. The van der Waals surface area contributed by atoms with Crippen LogP contribution in [-0.2, 0) is 11.3 Å². The number of pyridine rings is 1. The van der Waals surface area contributed by atoms with Gasteiger partial charge < -0.3 is 10.2 Å². The standard InChI is InChI=1S/C14H19N3O3/c1-7-11(8(2)14(19)20)9(3)15-13-12(7)10(4)16-17(13)5-6-18/h8,18H,5-6H2,1-4H3,(H,19,20). The average molecular weight is 277 g/mol. The van der Waals surface area contributed by atoms with Gasteiger partial charge in [-0.05, 0) is 38.8 Å². The number of aryl methyl sites for hydroxylation is 3. The molecule has 0 radical (unpaired) electrons. The van der Waals surface area contributed by atoms with Crippen molar-refractivity contribution in [3.63, 3.8) is 0 Å². The maximum atomic E-state index is 11.3. The Bertz CT molecular complexity index is 676. The highest BCUT2D eigenvalue weighted by Crippen LogP contribution is 2.30. The van der Waals surface area contributed by atoms with Crippen molar-refractivity contribution >= 4 is 17.0 Å². The molecule has 0 amide bonds. The molecule has 2 aromatic heterocycles. The summed E-state index contributed by atoms with van der Waals surface area (Å²) in [5.41, 5.74) is 3.86. The summed E-state index contributed by atoms with van der Waals surface area (Å²) in [6.45, 7) is 7.62. The molecule has 0 aliphatic heterocycles. The van der Waals surface area contributed by atoms with Crippen LogP contribution in [-0.4, -0.2) is 37.6 Å². The fraction of sp³-hybridized carbons (Fsp3) is 0.500. The van der Waals surface area contributed by atoms with Crippen molar-refractivity contribution in [2.24, 2.45) is 0 Å². The molecular formula is C14H19N3O3. The van der Waals surface area contributed by atoms with Gasteiger partial charge in [0.2, 0.25) is 0 Å². The molecule has 0 aromatic carbocycles. The highest BCUT2D eigenvalue weighted by molar-refractivity contribution is 5.86. The lowest BCUT2D eigenvalue weighted by Gasteiger charge is -2.14. The van der Waals surface area contributed by atoms with Crippen LogP contribution in [0.3, 0.4) is 0 Å². The zero-order valence-electron chi connectivity index (χ0n) is 12.1. The molecule has 0 saturated heterocycles. The first-order chi connectivity index (χ1) is 9.38. The minimum atomic E-state index is -0.863. The molecule has 2 rings (SSSR count). The van der Waals surface area contributed by atoms with E-state index in [0.717, 1.165) is 22.2 Å². The molecule has 0 aliphatic carbocycles. The van der Waals surface area contributed by atoms with Crippen LogP contribution in [0.25, 0.3) is 11.0 Å². The lowest BCUT2D eigenvalue weighted by Crippen LogP contribution is -2.13. The van der Waals surface area contributed by atoms with Crippen LogP contribution in [0, 0.1) is 20.8 Å². The second-order valence-corrected chi connectivity index (χ2v) is 5.03. The second kappa shape index (κ2) is 5.20. The number of rotatable bonds is 4. The number of nitrogens with zero attached hydrogens (tertiary/aromatic N) is 3. The van der Waals surface area contributed by atoms with Crippen molar-refractivity contribution in [1.82, 2.24) is 14.8 Å². The van der Waals surface area contributed by atoms with Crippen LogP contribution in [0.2, 0.25) is 0 Å². The molecule has 0 spiro atoms. The summed E-state index contributed by atoms with van der Waals surface area (Å²) in [7, 11) is 0. The molecule has 20 heavy (non-hydrogen) atoms. The first-order valence-electron chi connectivity index (χ1n) is 6.56. The van der Waals surface area contributed by atoms with E-state index in [1.54, 1.807) is 11.6 Å². The number of carboxylic acid groups (broad SMARTS) is 1. The molecule has 2 aromatic rings. The number of aliphatic carboxylic acids is 1. The molecule has 0 saturated carbocycles. The number of hydrogen-bond acceptors (Lipinski definition) is 4. The van der Waals surface area contributed by atoms with Gasteiger partial charge in [0.1, 0.15) is 0 Å². The van der Waals surface area contributed by atoms with Crippen LogP contribution < -0.4 is 0 Å². The molecule has 1 unspecified atom stereocenters. The van der Waals surface area contributed by atoms with E-state index < -0.39 is 11.9 Å². The van der Waals surface area contributed by atoms with E-state index in [0.29, 0.717) is 17.9 Å². The predicted octanol–water partition coefficient (Wildman–Crippen LogP) is 1.54. The summed E-state index contributed by atoms with van der Waals surface area (Å²) in [4.78, 5) is 15.8. The molecule has 0 fully saturated rings. The van der Waals surface area contributed by atoms with Crippen LogP contribution in [0.5, 0.6) is 0 Å². The average Bonchev–Trinajstić information content (AvgIpc) is 2.66. The minimum absolute atomic E-state index is 0.0106. The van der Waals surface area contributed by atoms with Gasteiger partial charge in [-0.1, -0.05) is 0 Å². The van der Waals surface area contributed by atoms with Gasteiger partial charge in [-0.15, -0.1) is 0 Å². The number of aliphatic hydroxyl groups is 1. The minimum Gasteiger partial charge on any atom is -0.481 e. The van der Waals surface area contributed by atoms with E-state index in [1.165, 1.54) is 0 Å². The zero-order valence-corrected chi connectivity index (χ0v) is 12.1. The monoisotopic (exact) mass is 277 g/mol. The van der Waals surface area contributed by atoms with Gasteiger partial charge in [-0.3, -0.25) is 4.79 Å². The van der Waals surface area contributed by atoms with Crippen molar-refractivity contribution in [2.45, 2.75) is 40.2 Å². The molecule has 6 nitrogen and oxygen atoms in total. The van der Waals surface area contributed by atoms with E-state index in [9.17, 15) is 9.90 Å². The van der Waals surface area contributed by atoms with Gasteiger partial charge in [0.15, 0.2) is 5.65 Å². The summed E-state index contributed by atoms with van der Waals surface area (Å²) in [6, 6.07) is 0. The van der Waals surface area contributed by atoms with Crippen molar-refractivity contribution in [3.8, 4) is 0 Å². The van der Waals surface area contributed by atoms with E-state index >= 15 is 0 Å². The summed E-state index contributed by atoms with van der Waals surface area (Å²) in [5, 5.41) is 23.6. The van der Waals surface area contributed by atoms with Crippen molar-refractivity contribution < 1.29 is 15.0 Å². The van der Waals surface area contributed by atoms with E-state index in [1.807, 2.05) is 20.8 Å². The lowest BCUT2D eigenvalue weighted by atomic mass is 9.93. The number of hydrogen-bond donors (Lipinski definition) is 2. The van der Waals surface area contributed by atoms with Crippen LogP contribution in [0.4, 0.5) is 0 Å². The fourth-order valence-electron chi connectivity index (χ4n) is 2.76. The smallest absolute Gasteiger partial charge is 0.310 e. The fourth-order valence-corrected chi connectivity index (χ4v) is 2.76. The normalized spacial score (nSPS) is 12.8. The largest absolute Gasteiger partial charge is 0.481 e. The molecule has 6 heteroatoms. The lowest BCUT2D eigenvalue weighted by molar-refractivity contribution is -0.138. The molecule has 2 N–H and O–H groups in total. The summed E-state index contributed by atoms with van der Waals surface area (Å²) >= 11 is 0. The summed E-state index contributed by atoms with van der Waals surface area (Å²) in [6.07, 6.45) is 0. The maximum absolute atomic E-state index is 11.3. The highest BCUT2D eigenvalue weighted by Gasteiger charge is 2.23. The summed E-state index contributed by atoms with van der Waals surface area (Å²) < 4.78 is 1.67. The first kappa shape index (κ1) is 14.5. The van der Waals surface area contributed by atoms with E-state index in [2.05, 4.69) is 10.1 Å².